The number of fused-ring (bicyclic) bond motifs is 1. The molecular formula is C19H26N4O4. The second-order valence-corrected chi connectivity index (χ2v) is 7.12. The van der Waals surface area contributed by atoms with Gasteiger partial charge in [0.25, 0.3) is 0 Å². The summed E-state index contributed by atoms with van der Waals surface area (Å²) >= 11 is 0. The minimum atomic E-state index is -0.963. The Hall–Kier alpha value is -2.45. The molecule has 2 fully saturated rings. The zero-order valence-electron chi connectivity index (χ0n) is 15.5. The fourth-order valence-electron chi connectivity index (χ4n) is 3.81. The molecule has 0 aliphatic carbocycles. The van der Waals surface area contributed by atoms with Gasteiger partial charge in [0.15, 0.2) is 0 Å². The molecule has 2 N–H and O–H groups in total. The van der Waals surface area contributed by atoms with Gasteiger partial charge in [0, 0.05) is 20.0 Å². The Morgan fingerprint density at radius 2 is 2.00 bits per heavy atom. The van der Waals surface area contributed by atoms with E-state index >= 15 is 0 Å². The van der Waals surface area contributed by atoms with E-state index in [4.69, 9.17) is 5.11 Å². The number of aryl methyl sites for hydroxylation is 1. The van der Waals surface area contributed by atoms with Crippen LogP contribution in [-0.2, 0) is 20.8 Å². The Bertz CT molecular complexity index is 696. The third kappa shape index (κ3) is 4.64. The molecule has 2 amide bonds. The van der Waals surface area contributed by atoms with Crippen LogP contribution < -0.4 is 5.43 Å². The molecule has 1 aromatic carbocycles. The lowest BCUT2D eigenvalue weighted by atomic mass is 10.0. The van der Waals surface area contributed by atoms with Crippen LogP contribution in [0.1, 0.15) is 24.8 Å². The van der Waals surface area contributed by atoms with E-state index in [-0.39, 0.29) is 37.4 Å². The minimum Gasteiger partial charge on any atom is -0.481 e. The van der Waals surface area contributed by atoms with Crippen molar-refractivity contribution in [3.05, 3.63) is 35.9 Å². The van der Waals surface area contributed by atoms with Gasteiger partial charge in [-0.3, -0.25) is 14.4 Å². The number of benzene rings is 1. The van der Waals surface area contributed by atoms with Crippen molar-refractivity contribution in [3.8, 4) is 0 Å². The standard InChI is InChI=1S/C19H26N4O4/c1-21-13-17(24)23-15(9-10-18(25)26)19(27)22(12-16(23)20-21)11-5-8-14-6-3-2-4-7-14/h2-4,6-7,15-16,20H,5,8-13H2,1H3,(H,25,26)/t15-,16+/m0/s1. The first kappa shape index (κ1) is 19.3. The molecule has 8 heteroatoms. The summed E-state index contributed by atoms with van der Waals surface area (Å²) < 4.78 is 0. The summed E-state index contributed by atoms with van der Waals surface area (Å²) in [5.74, 6) is -1.26. The number of nitrogens with one attached hydrogen (secondary N) is 1. The topological polar surface area (TPSA) is 93.2 Å². The molecule has 8 nitrogen and oxygen atoms in total. The SMILES string of the molecule is CN1CC(=O)N2[C@H](CN(CCCc3ccccc3)C(=O)[C@@H]2CCC(=O)O)N1. The number of hydrazine groups is 1. The molecule has 146 valence electrons. The molecule has 0 saturated carbocycles. The lowest BCUT2D eigenvalue weighted by molar-refractivity contribution is -0.168. The molecular weight excluding hydrogens is 348 g/mol. The number of carboxylic acids is 1. The zero-order chi connectivity index (χ0) is 19.4. The summed E-state index contributed by atoms with van der Waals surface area (Å²) in [5.41, 5.74) is 4.44. The molecule has 0 radical (unpaired) electrons. The lowest BCUT2D eigenvalue weighted by Gasteiger charge is -2.50. The van der Waals surface area contributed by atoms with E-state index in [1.54, 1.807) is 21.9 Å². The number of aliphatic carboxylic acids is 1. The number of rotatable bonds is 7. The van der Waals surface area contributed by atoms with Crippen LogP contribution >= 0.6 is 0 Å². The van der Waals surface area contributed by atoms with Crippen LogP contribution in [-0.4, -0.2) is 76.6 Å². The summed E-state index contributed by atoms with van der Waals surface area (Å²) in [6.45, 7) is 1.16. The van der Waals surface area contributed by atoms with Gasteiger partial charge in [0.05, 0.1) is 13.1 Å². The molecule has 2 aliphatic rings. The highest BCUT2D eigenvalue weighted by atomic mass is 16.4. The van der Waals surface area contributed by atoms with Crippen LogP contribution in [0.3, 0.4) is 0 Å². The Balaban J connectivity index is 1.68. The van der Waals surface area contributed by atoms with Crippen LogP contribution in [0, 0.1) is 0 Å². The van der Waals surface area contributed by atoms with Gasteiger partial charge in [0.1, 0.15) is 12.2 Å². The Morgan fingerprint density at radius 1 is 1.26 bits per heavy atom. The van der Waals surface area contributed by atoms with E-state index in [1.165, 1.54) is 5.56 Å². The predicted molar refractivity (Wildman–Crippen MR) is 98.4 cm³/mol. The third-order valence-electron chi connectivity index (χ3n) is 5.06. The monoisotopic (exact) mass is 374 g/mol. The summed E-state index contributed by atoms with van der Waals surface area (Å²) in [6.07, 6.45) is 1.37. The van der Waals surface area contributed by atoms with Crippen molar-refractivity contribution >= 4 is 17.8 Å². The summed E-state index contributed by atoms with van der Waals surface area (Å²) in [5, 5.41) is 10.7. The van der Waals surface area contributed by atoms with Gasteiger partial charge in [-0.1, -0.05) is 30.3 Å². The third-order valence-corrected chi connectivity index (χ3v) is 5.06. The van der Waals surface area contributed by atoms with Gasteiger partial charge in [-0.25, -0.2) is 10.4 Å². The molecule has 27 heavy (non-hydrogen) atoms. The smallest absolute Gasteiger partial charge is 0.303 e. The van der Waals surface area contributed by atoms with E-state index in [1.807, 2.05) is 18.2 Å². The average molecular weight is 374 g/mol. The molecule has 2 aliphatic heterocycles. The Labute approximate surface area is 158 Å². The van der Waals surface area contributed by atoms with Gasteiger partial charge in [-0.05, 0) is 24.8 Å². The molecule has 2 heterocycles. The number of carbonyl (C=O) groups excluding carboxylic acids is 2. The molecule has 2 saturated heterocycles. The second kappa shape index (κ2) is 8.49. The van der Waals surface area contributed by atoms with Gasteiger partial charge in [-0.2, -0.15) is 0 Å². The van der Waals surface area contributed by atoms with Crippen molar-refractivity contribution < 1.29 is 19.5 Å². The highest BCUT2D eigenvalue weighted by Gasteiger charge is 2.45. The van der Waals surface area contributed by atoms with Crippen LogP contribution in [0.15, 0.2) is 30.3 Å². The first-order valence-corrected chi connectivity index (χ1v) is 9.28. The highest BCUT2D eigenvalue weighted by Crippen LogP contribution is 2.23. The van der Waals surface area contributed by atoms with Crippen molar-refractivity contribution in [2.75, 3.05) is 26.7 Å². The average Bonchev–Trinajstić information content (AvgIpc) is 2.62. The zero-order valence-corrected chi connectivity index (χ0v) is 15.5. The first-order chi connectivity index (χ1) is 13.0. The maximum Gasteiger partial charge on any atom is 0.303 e. The number of carboxylic acid groups (broad SMARTS) is 1. The van der Waals surface area contributed by atoms with E-state index in [2.05, 4.69) is 17.6 Å². The number of carbonyl (C=O) groups is 3. The number of amides is 2. The predicted octanol–water partition coefficient (Wildman–Crippen LogP) is 0.300. The van der Waals surface area contributed by atoms with Crippen molar-refractivity contribution in [3.63, 3.8) is 0 Å². The van der Waals surface area contributed by atoms with Gasteiger partial charge in [0.2, 0.25) is 11.8 Å². The Morgan fingerprint density at radius 3 is 2.70 bits per heavy atom. The van der Waals surface area contributed by atoms with Gasteiger partial charge >= 0.3 is 5.97 Å². The van der Waals surface area contributed by atoms with Crippen molar-refractivity contribution in [1.82, 2.24) is 20.2 Å². The second-order valence-electron chi connectivity index (χ2n) is 7.12. The van der Waals surface area contributed by atoms with Gasteiger partial charge < -0.3 is 14.9 Å². The van der Waals surface area contributed by atoms with Crippen molar-refractivity contribution in [2.45, 2.75) is 37.9 Å². The molecule has 3 rings (SSSR count). The van der Waals surface area contributed by atoms with Crippen LogP contribution in [0.5, 0.6) is 0 Å². The quantitative estimate of drug-likeness (QED) is 0.713. The van der Waals surface area contributed by atoms with Crippen LogP contribution in [0.25, 0.3) is 0 Å². The fourth-order valence-corrected chi connectivity index (χ4v) is 3.81. The normalized spacial score (nSPS) is 23.4. The maximum absolute atomic E-state index is 13.0. The number of likely N-dealkylation sites (N-methyl/N-ethyl adjacent to an activating group) is 1. The van der Waals surface area contributed by atoms with E-state index in [0.29, 0.717) is 13.1 Å². The molecule has 0 unspecified atom stereocenters. The van der Waals surface area contributed by atoms with Crippen molar-refractivity contribution in [1.29, 1.82) is 0 Å². The van der Waals surface area contributed by atoms with Gasteiger partial charge in [-0.15, -0.1) is 0 Å². The number of piperazine rings is 1. The largest absolute Gasteiger partial charge is 0.481 e. The van der Waals surface area contributed by atoms with Crippen LogP contribution in [0.4, 0.5) is 0 Å². The molecule has 0 aromatic heterocycles. The minimum absolute atomic E-state index is 0.136. The van der Waals surface area contributed by atoms with Crippen molar-refractivity contribution in [2.24, 2.45) is 0 Å². The molecule has 0 spiro atoms. The van der Waals surface area contributed by atoms with E-state index in [9.17, 15) is 14.4 Å². The fraction of sp³-hybridized carbons (Fsp3) is 0.526. The summed E-state index contributed by atoms with van der Waals surface area (Å²) in [6, 6.07) is 9.37. The number of nitrogens with zero attached hydrogens (tertiary/aromatic N) is 3. The van der Waals surface area contributed by atoms with E-state index in [0.717, 1.165) is 12.8 Å². The number of hydrogen-bond donors (Lipinski definition) is 2. The number of hydrogen-bond acceptors (Lipinski definition) is 5. The maximum atomic E-state index is 13.0. The Kier molecular flexibility index (Phi) is 6.08. The molecule has 0 bridgehead atoms. The van der Waals surface area contributed by atoms with Crippen LogP contribution in [0.2, 0.25) is 0 Å². The first-order valence-electron chi connectivity index (χ1n) is 9.28. The van der Waals surface area contributed by atoms with E-state index < -0.39 is 12.0 Å². The molecule has 2 atom stereocenters. The molecule has 1 aromatic rings. The summed E-state index contributed by atoms with van der Waals surface area (Å²) in [7, 11) is 1.79. The lowest BCUT2D eigenvalue weighted by Crippen LogP contribution is -2.73. The highest BCUT2D eigenvalue weighted by molar-refractivity contribution is 5.90. The summed E-state index contributed by atoms with van der Waals surface area (Å²) in [4.78, 5) is 39.7.